The minimum Gasteiger partial charge on any atom is -0.323 e. The van der Waals surface area contributed by atoms with Crippen LogP contribution < -0.4 is 5.32 Å². The monoisotopic (exact) mass is 443 g/mol. The van der Waals surface area contributed by atoms with Crippen molar-refractivity contribution >= 4 is 50.5 Å². The zero-order valence-electron chi connectivity index (χ0n) is 14.3. The summed E-state index contributed by atoms with van der Waals surface area (Å²) in [5, 5.41) is 13.9. The molecule has 3 rings (SSSR count). The van der Waals surface area contributed by atoms with Crippen molar-refractivity contribution in [1.82, 2.24) is 4.31 Å². The molecule has 1 N–H and O–H groups in total. The molecule has 1 fully saturated rings. The number of carbonyl (C=O) groups is 1. The largest absolute Gasteiger partial charge is 0.323 e. The van der Waals surface area contributed by atoms with Gasteiger partial charge in [0, 0.05) is 23.7 Å². The first-order valence-electron chi connectivity index (χ1n) is 8.22. The van der Waals surface area contributed by atoms with Gasteiger partial charge >= 0.3 is 0 Å². The van der Waals surface area contributed by atoms with Crippen molar-refractivity contribution in [2.45, 2.75) is 23.8 Å². The van der Waals surface area contributed by atoms with E-state index in [-0.39, 0.29) is 27.8 Å². The van der Waals surface area contributed by atoms with Gasteiger partial charge in [-0.1, -0.05) is 23.2 Å². The van der Waals surface area contributed by atoms with Crippen LogP contribution in [0.15, 0.2) is 47.4 Å². The van der Waals surface area contributed by atoms with Crippen LogP contribution in [0.1, 0.15) is 12.8 Å². The average molecular weight is 444 g/mol. The van der Waals surface area contributed by atoms with Crippen LogP contribution in [-0.4, -0.2) is 36.1 Å². The highest BCUT2D eigenvalue weighted by atomic mass is 35.5. The Morgan fingerprint density at radius 3 is 2.50 bits per heavy atom. The van der Waals surface area contributed by atoms with Crippen LogP contribution >= 0.6 is 23.2 Å². The van der Waals surface area contributed by atoms with Crippen molar-refractivity contribution < 1.29 is 18.1 Å². The van der Waals surface area contributed by atoms with E-state index in [0.29, 0.717) is 17.9 Å². The highest BCUT2D eigenvalue weighted by molar-refractivity contribution is 7.89. The summed E-state index contributed by atoms with van der Waals surface area (Å²) in [4.78, 5) is 23.1. The Hall–Kier alpha value is -2.20. The molecule has 0 aliphatic carbocycles. The Balaban J connectivity index is 1.85. The molecule has 0 aromatic heterocycles. The van der Waals surface area contributed by atoms with Crippen LogP contribution in [0.4, 0.5) is 11.4 Å². The lowest BCUT2D eigenvalue weighted by molar-refractivity contribution is -0.384. The predicted molar refractivity (Wildman–Crippen MR) is 105 cm³/mol. The van der Waals surface area contributed by atoms with Gasteiger partial charge in [0.2, 0.25) is 15.9 Å². The molecule has 1 amide bonds. The minimum atomic E-state index is -3.90. The molecule has 1 heterocycles. The van der Waals surface area contributed by atoms with Gasteiger partial charge in [0.05, 0.1) is 20.5 Å². The van der Waals surface area contributed by atoms with Gasteiger partial charge in [-0.3, -0.25) is 14.9 Å². The number of rotatable bonds is 5. The first-order valence-corrected chi connectivity index (χ1v) is 10.4. The molecule has 8 nitrogen and oxygen atoms in total. The topological polar surface area (TPSA) is 110 Å². The van der Waals surface area contributed by atoms with Gasteiger partial charge in [-0.25, -0.2) is 8.42 Å². The van der Waals surface area contributed by atoms with Crippen molar-refractivity contribution in [2.75, 3.05) is 11.9 Å². The first-order chi connectivity index (χ1) is 13.2. The summed E-state index contributed by atoms with van der Waals surface area (Å²) in [6.45, 7) is 0.186. The molecule has 0 unspecified atom stereocenters. The number of hydrogen-bond acceptors (Lipinski definition) is 5. The smallest absolute Gasteiger partial charge is 0.271 e. The molecule has 1 atom stereocenters. The fourth-order valence-corrected chi connectivity index (χ4v) is 4.92. The highest BCUT2D eigenvalue weighted by Crippen LogP contribution is 2.30. The van der Waals surface area contributed by atoms with Gasteiger partial charge in [-0.2, -0.15) is 4.31 Å². The predicted octanol–water partition coefficient (Wildman–Crippen LogP) is 3.69. The Labute approximate surface area is 171 Å². The summed E-state index contributed by atoms with van der Waals surface area (Å²) in [6.07, 6.45) is 0.832. The van der Waals surface area contributed by atoms with Crippen molar-refractivity contribution in [2.24, 2.45) is 0 Å². The van der Waals surface area contributed by atoms with E-state index in [2.05, 4.69) is 5.32 Å². The van der Waals surface area contributed by atoms with Crippen LogP contribution in [0.2, 0.25) is 10.0 Å². The number of carbonyl (C=O) groups excluding carboxylic acids is 1. The van der Waals surface area contributed by atoms with Crippen LogP contribution in [0.25, 0.3) is 0 Å². The van der Waals surface area contributed by atoms with E-state index < -0.39 is 26.9 Å². The Kier molecular flexibility index (Phi) is 5.90. The molecule has 2 aromatic carbocycles. The van der Waals surface area contributed by atoms with E-state index >= 15 is 0 Å². The highest BCUT2D eigenvalue weighted by Gasteiger charge is 2.39. The lowest BCUT2D eigenvalue weighted by Crippen LogP contribution is -2.43. The van der Waals surface area contributed by atoms with E-state index in [0.717, 1.165) is 10.4 Å². The molecule has 0 saturated carbocycles. The number of nitro benzene ring substituents is 1. The van der Waals surface area contributed by atoms with Crippen molar-refractivity contribution in [1.29, 1.82) is 0 Å². The summed E-state index contributed by atoms with van der Waals surface area (Å²) < 4.78 is 26.9. The molecule has 148 valence electrons. The van der Waals surface area contributed by atoms with Gasteiger partial charge < -0.3 is 5.32 Å². The second kappa shape index (κ2) is 8.04. The van der Waals surface area contributed by atoms with E-state index in [9.17, 15) is 23.3 Å². The maximum Gasteiger partial charge on any atom is 0.271 e. The second-order valence-electron chi connectivity index (χ2n) is 6.14. The van der Waals surface area contributed by atoms with Gasteiger partial charge in [-0.05, 0) is 43.2 Å². The second-order valence-corrected chi connectivity index (χ2v) is 8.87. The molecule has 1 saturated heterocycles. The summed E-state index contributed by atoms with van der Waals surface area (Å²) in [7, 11) is -3.90. The summed E-state index contributed by atoms with van der Waals surface area (Å²) >= 11 is 11.8. The Morgan fingerprint density at radius 1 is 1.18 bits per heavy atom. The summed E-state index contributed by atoms with van der Waals surface area (Å²) in [6, 6.07) is 8.37. The van der Waals surface area contributed by atoms with Gasteiger partial charge in [0.1, 0.15) is 6.04 Å². The van der Waals surface area contributed by atoms with Gasteiger partial charge in [0.25, 0.3) is 5.69 Å². The number of nitrogens with zero attached hydrogens (tertiary/aromatic N) is 2. The van der Waals surface area contributed by atoms with Crippen molar-refractivity contribution in [3.8, 4) is 0 Å². The fraction of sp³-hybridized carbons (Fsp3) is 0.235. The van der Waals surface area contributed by atoms with Crippen molar-refractivity contribution in [3.05, 3.63) is 62.6 Å². The average Bonchev–Trinajstić information content (AvgIpc) is 3.14. The normalized spacial score (nSPS) is 17.4. The third-order valence-electron chi connectivity index (χ3n) is 4.35. The van der Waals surface area contributed by atoms with Crippen molar-refractivity contribution in [3.63, 3.8) is 0 Å². The van der Waals surface area contributed by atoms with Crippen LogP contribution in [0.5, 0.6) is 0 Å². The van der Waals surface area contributed by atoms with Gasteiger partial charge in [-0.15, -0.1) is 0 Å². The number of sulfonamides is 1. The van der Waals surface area contributed by atoms with Crippen LogP contribution in [0, 0.1) is 10.1 Å². The number of halogens is 2. The minimum absolute atomic E-state index is 0.0324. The lowest BCUT2D eigenvalue weighted by atomic mass is 10.2. The zero-order chi connectivity index (χ0) is 20.5. The standard InChI is InChI=1S/C17H15Cl2N3O5S/c18-11-3-6-13(7-4-11)28(26,27)21-9-1-2-16(21)17(23)20-15-10-12(22(24)25)5-8-14(15)19/h3-8,10,16H,1-2,9H2,(H,20,23)/t16-/m1/s1. The zero-order valence-corrected chi connectivity index (χ0v) is 16.7. The Bertz CT molecular complexity index is 1030. The maximum absolute atomic E-state index is 12.9. The number of nitrogens with one attached hydrogen (secondary N) is 1. The lowest BCUT2D eigenvalue weighted by Gasteiger charge is -2.23. The summed E-state index contributed by atoms with van der Waals surface area (Å²) in [5.74, 6) is -0.600. The van der Waals surface area contributed by atoms with Crippen LogP contribution in [0.3, 0.4) is 0 Å². The quantitative estimate of drug-likeness (QED) is 0.559. The molecule has 0 radical (unpaired) electrons. The molecule has 0 spiro atoms. The van der Waals surface area contributed by atoms with E-state index in [1.807, 2.05) is 0 Å². The molecule has 28 heavy (non-hydrogen) atoms. The van der Waals surface area contributed by atoms with E-state index in [4.69, 9.17) is 23.2 Å². The Morgan fingerprint density at radius 2 is 1.86 bits per heavy atom. The van der Waals surface area contributed by atoms with E-state index in [1.54, 1.807) is 0 Å². The number of benzene rings is 2. The number of amides is 1. The molecular weight excluding hydrogens is 429 g/mol. The SMILES string of the molecule is O=C(Nc1cc([N+](=O)[O-])ccc1Cl)[C@H]1CCCN1S(=O)(=O)c1ccc(Cl)cc1. The molecule has 0 bridgehead atoms. The molecule has 2 aromatic rings. The molecule has 1 aliphatic rings. The number of non-ortho nitro benzene ring substituents is 1. The molecule has 11 heteroatoms. The van der Waals surface area contributed by atoms with E-state index in [1.165, 1.54) is 36.4 Å². The third kappa shape index (κ3) is 4.12. The number of anilines is 1. The fourth-order valence-electron chi connectivity index (χ4n) is 2.97. The maximum atomic E-state index is 12.9. The molecule has 1 aliphatic heterocycles. The number of hydrogen-bond donors (Lipinski definition) is 1. The number of nitro groups is 1. The third-order valence-corrected chi connectivity index (χ3v) is 6.85. The van der Waals surface area contributed by atoms with Crippen LogP contribution in [-0.2, 0) is 14.8 Å². The summed E-state index contributed by atoms with van der Waals surface area (Å²) in [5.41, 5.74) is -0.187. The first kappa shape index (κ1) is 20.5. The van der Waals surface area contributed by atoms with Gasteiger partial charge in [0.15, 0.2) is 0 Å². The molecular formula is C17H15Cl2N3O5S.